The largest absolute Gasteiger partial charge is 0.389 e. The summed E-state index contributed by atoms with van der Waals surface area (Å²) >= 11 is 0. The molecule has 3 fully saturated rings. The van der Waals surface area contributed by atoms with E-state index < -0.39 is 47.0 Å². The standard InChI is InChI=1S/C14H18N2O5/c17-8-6-7(11(18)15-8)9-10(13(20)16-12(9)19)14(21)4-2-1-3-5-14/h7,9-10,21H,1-6H2,(H,15,17,18)(H,16,19,20). The Kier molecular flexibility index (Phi) is 3.32. The molecule has 0 bridgehead atoms. The Morgan fingerprint density at radius 1 is 0.905 bits per heavy atom. The van der Waals surface area contributed by atoms with Crippen molar-refractivity contribution in [2.45, 2.75) is 44.1 Å². The van der Waals surface area contributed by atoms with E-state index >= 15 is 0 Å². The Balaban J connectivity index is 1.92. The van der Waals surface area contributed by atoms with Crippen LogP contribution in [0.4, 0.5) is 0 Å². The molecule has 0 spiro atoms. The number of imide groups is 2. The Labute approximate surface area is 121 Å². The van der Waals surface area contributed by atoms with Gasteiger partial charge in [-0.1, -0.05) is 19.3 Å². The maximum Gasteiger partial charge on any atom is 0.233 e. The van der Waals surface area contributed by atoms with Crippen molar-refractivity contribution in [3.8, 4) is 0 Å². The van der Waals surface area contributed by atoms with E-state index in [4.69, 9.17) is 0 Å². The quantitative estimate of drug-likeness (QED) is 0.579. The number of carbonyl (C=O) groups is 4. The Bertz CT molecular complexity index is 523. The lowest BCUT2D eigenvalue weighted by molar-refractivity contribution is -0.141. The van der Waals surface area contributed by atoms with Crippen molar-refractivity contribution in [2.24, 2.45) is 17.8 Å². The first-order valence-corrected chi connectivity index (χ1v) is 7.33. The molecule has 2 aliphatic heterocycles. The molecule has 3 atom stereocenters. The van der Waals surface area contributed by atoms with Crippen LogP contribution in [0.1, 0.15) is 38.5 Å². The second-order valence-electron chi connectivity index (χ2n) is 6.24. The summed E-state index contributed by atoms with van der Waals surface area (Å²) in [5.41, 5.74) is -1.26. The SMILES string of the molecule is O=C1CC(C2C(=O)NC(=O)C2C2(O)CCCCC2)C(=O)N1. The maximum atomic E-state index is 12.1. The lowest BCUT2D eigenvalue weighted by atomic mass is 9.68. The minimum Gasteiger partial charge on any atom is -0.389 e. The van der Waals surface area contributed by atoms with Gasteiger partial charge in [-0.05, 0) is 12.8 Å². The summed E-state index contributed by atoms with van der Waals surface area (Å²) in [6.07, 6.45) is 3.34. The van der Waals surface area contributed by atoms with Gasteiger partial charge in [-0.2, -0.15) is 0 Å². The molecule has 2 heterocycles. The van der Waals surface area contributed by atoms with Gasteiger partial charge >= 0.3 is 0 Å². The fourth-order valence-corrected chi connectivity index (χ4v) is 3.93. The summed E-state index contributed by atoms with van der Waals surface area (Å²) in [7, 11) is 0. The Morgan fingerprint density at radius 2 is 1.57 bits per heavy atom. The number of amides is 4. The third kappa shape index (κ3) is 2.25. The Morgan fingerprint density at radius 3 is 2.14 bits per heavy atom. The van der Waals surface area contributed by atoms with Gasteiger partial charge in [-0.15, -0.1) is 0 Å². The van der Waals surface area contributed by atoms with Crippen LogP contribution in [0.3, 0.4) is 0 Å². The minimum absolute atomic E-state index is 0.100. The molecule has 3 aliphatic rings. The van der Waals surface area contributed by atoms with Crippen LogP contribution in [0, 0.1) is 17.8 Å². The molecule has 21 heavy (non-hydrogen) atoms. The van der Waals surface area contributed by atoms with Crippen LogP contribution in [-0.4, -0.2) is 34.3 Å². The second-order valence-corrected chi connectivity index (χ2v) is 6.24. The van der Waals surface area contributed by atoms with Crippen LogP contribution < -0.4 is 10.6 Å². The first kappa shape index (κ1) is 14.2. The average molecular weight is 294 g/mol. The molecule has 0 aromatic rings. The van der Waals surface area contributed by atoms with E-state index in [1.54, 1.807) is 0 Å². The van der Waals surface area contributed by atoms with Gasteiger partial charge in [0, 0.05) is 6.42 Å². The normalized spacial score (nSPS) is 35.8. The third-order valence-electron chi connectivity index (χ3n) is 4.93. The average Bonchev–Trinajstić information content (AvgIpc) is 2.89. The molecule has 7 heteroatoms. The minimum atomic E-state index is -1.26. The molecule has 3 rings (SSSR count). The third-order valence-corrected chi connectivity index (χ3v) is 4.93. The van der Waals surface area contributed by atoms with Gasteiger partial charge in [-0.25, -0.2) is 0 Å². The number of nitrogens with one attached hydrogen (secondary N) is 2. The molecule has 2 saturated heterocycles. The molecule has 0 radical (unpaired) electrons. The molecule has 3 N–H and O–H groups in total. The molecular formula is C14H18N2O5. The molecule has 4 amide bonds. The van der Waals surface area contributed by atoms with Crippen LogP contribution in [0.15, 0.2) is 0 Å². The number of hydrogen-bond donors (Lipinski definition) is 3. The highest BCUT2D eigenvalue weighted by Crippen LogP contribution is 2.44. The van der Waals surface area contributed by atoms with Gasteiger partial charge in [0.15, 0.2) is 0 Å². The smallest absolute Gasteiger partial charge is 0.233 e. The van der Waals surface area contributed by atoms with Crippen LogP contribution in [0.25, 0.3) is 0 Å². The van der Waals surface area contributed by atoms with E-state index in [2.05, 4.69) is 10.6 Å². The fraction of sp³-hybridized carbons (Fsp3) is 0.714. The van der Waals surface area contributed by atoms with Gasteiger partial charge in [-0.3, -0.25) is 29.8 Å². The molecule has 3 unspecified atom stereocenters. The molecule has 1 saturated carbocycles. The number of aliphatic hydroxyl groups is 1. The predicted octanol–water partition coefficient (Wildman–Crippen LogP) is -0.767. The zero-order valence-corrected chi connectivity index (χ0v) is 11.6. The molecule has 7 nitrogen and oxygen atoms in total. The number of carbonyl (C=O) groups excluding carboxylic acids is 4. The fourth-order valence-electron chi connectivity index (χ4n) is 3.93. The lowest BCUT2D eigenvalue weighted by Gasteiger charge is -2.38. The molecule has 0 aromatic heterocycles. The van der Waals surface area contributed by atoms with Gasteiger partial charge in [0.2, 0.25) is 23.6 Å². The monoisotopic (exact) mass is 294 g/mol. The van der Waals surface area contributed by atoms with E-state index in [0.717, 1.165) is 19.3 Å². The first-order valence-electron chi connectivity index (χ1n) is 7.33. The lowest BCUT2D eigenvalue weighted by Crippen LogP contribution is -2.48. The van der Waals surface area contributed by atoms with E-state index in [-0.39, 0.29) is 6.42 Å². The van der Waals surface area contributed by atoms with Gasteiger partial charge < -0.3 is 5.11 Å². The van der Waals surface area contributed by atoms with Crippen molar-refractivity contribution in [2.75, 3.05) is 0 Å². The van der Waals surface area contributed by atoms with Crippen LogP contribution in [0.2, 0.25) is 0 Å². The van der Waals surface area contributed by atoms with Gasteiger partial charge in [0.05, 0.1) is 23.4 Å². The van der Waals surface area contributed by atoms with Gasteiger partial charge in [0.1, 0.15) is 0 Å². The Hall–Kier alpha value is -1.76. The highest BCUT2D eigenvalue weighted by molar-refractivity contribution is 6.11. The summed E-state index contributed by atoms with van der Waals surface area (Å²) in [5, 5.41) is 15.2. The van der Waals surface area contributed by atoms with E-state index in [0.29, 0.717) is 12.8 Å². The highest BCUT2D eigenvalue weighted by atomic mass is 16.3. The van der Waals surface area contributed by atoms with Crippen molar-refractivity contribution >= 4 is 23.6 Å². The first-order chi connectivity index (χ1) is 9.92. The number of rotatable bonds is 2. The summed E-state index contributed by atoms with van der Waals surface area (Å²) in [5.74, 6) is -4.80. The number of hydrogen-bond acceptors (Lipinski definition) is 5. The van der Waals surface area contributed by atoms with Gasteiger partial charge in [0.25, 0.3) is 0 Å². The zero-order chi connectivity index (χ0) is 15.2. The van der Waals surface area contributed by atoms with Crippen LogP contribution in [-0.2, 0) is 19.2 Å². The van der Waals surface area contributed by atoms with Crippen LogP contribution in [0.5, 0.6) is 0 Å². The van der Waals surface area contributed by atoms with Crippen molar-refractivity contribution < 1.29 is 24.3 Å². The second kappa shape index (κ2) is 4.91. The summed E-state index contributed by atoms with van der Waals surface area (Å²) in [6, 6.07) is 0. The predicted molar refractivity (Wildman–Crippen MR) is 69.4 cm³/mol. The zero-order valence-electron chi connectivity index (χ0n) is 11.6. The van der Waals surface area contributed by atoms with Crippen molar-refractivity contribution in [3.05, 3.63) is 0 Å². The summed E-state index contributed by atoms with van der Waals surface area (Å²) < 4.78 is 0. The van der Waals surface area contributed by atoms with Crippen molar-refractivity contribution in [3.63, 3.8) is 0 Å². The highest BCUT2D eigenvalue weighted by Gasteiger charge is 2.58. The maximum absolute atomic E-state index is 12.1. The summed E-state index contributed by atoms with van der Waals surface area (Å²) in [6.45, 7) is 0. The molecule has 1 aliphatic carbocycles. The topological polar surface area (TPSA) is 113 Å². The van der Waals surface area contributed by atoms with Crippen LogP contribution >= 0.6 is 0 Å². The van der Waals surface area contributed by atoms with E-state index in [1.807, 2.05) is 0 Å². The van der Waals surface area contributed by atoms with Crippen molar-refractivity contribution in [1.29, 1.82) is 0 Å². The van der Waals surface area contributed by atoms with Crippen molar-refractivity contribution in [1.82, 2.24) is 10.6 Å². The molecule has 0 aromatic carbocycles. The summed E-state index contributed by atoms with van der Waals surface area (Å²) in [4.78, 5) is 47.4. The van der Waals surface area contributed by atoms with E-state index in [1.165, 1.54) is 0 Å². The van der Waals surface area contributed by atoms with E-state index in [9.17, 15) is 24.3 Å². The molecular weight excluding hydrogens is 276 g/mol. The molecule has 114 valence electrons.